The van der Waals surface area contributed by atoms with Crippen molar-refractivity contribution in [3.8, 4) is 0 Å². The van der Waals surface area contributed by atoms with Gasteiger partial charge in [0, 0.05) is 12.2 Å². The maximum atomic E-state index is 11.6. The highest BCUT2D eigenvalue weighted by atomic mass is 16.6. The standard InChI is InChI=1S/C14H22O4/c1-3-6-11(2)14(9-4-5-10-14)18-13(17)8-7-12(15)16/h7-8,11H,3-6,9-10H2,1-2H3,(H,15,16)/b8-7+. The van der Waals surface area contributed by atoms with E-state index >= 15 is 0 Å². The molecular weight excluding hydrogens is 232 g/mol. The number of ether oxygens (including phenoxy) is 1. The molecule has 1 saturated carbocycles. The van der Waals surface area contributed by atoms with Crippen LogP contribution in [0.3, 0.4) is 0 Å². The van der Waals surface area contributed by atoms with Crippen molar-refractivity contribution in [2.45, 2.75) is 58.0 Å². The van der Waals surface area contributed by atoms with E-state index in [9.17, 15) is 9.59 Å². The van der Waals surface area contributed by atoms with Gasteiger partial charge in [0.25, 0.3) is 0 Å². The quantitative estimate of drug-likeness (QED) is 0.584. The zero-order valence-corrected chi connectivity index (χ0v) is 11.1. The Morgan fingerprint density at radius 3 is 2.44 bits per heavy atom. The van der Waals surface area contributed by atoms with Gasteiger partial charge in [-0.3, -0.25) is 0 Å². The van der Waals surface area contributed by atoms with Gasteiger partial charge in [-0.25, -0.2) is 9.59 Å². The van der Waals surface area contributed by atoms with Crippen LogP contribution in [0, 0.1) is 5.92 Å². The van der Waals surface area contributed by atoms with E-state index in [1.165, 1.54) is 0 Å². The third kappa shape index (κ3) is 3.86. The third-order valence-corrected chi connectivity index (χ3v) is 3.74. The molecular formula is C14H22O4. The van der Waals surface area contributed by atoms with Crippen molar-refractivity contribution in [3.05, 3.63) is 12.2 Å². The lowest BCUT2D eigenvalue weighted by molar-refractivity contribution is -0.159. The smallest absolute Gasteiger partial charge is 0.331 e. The van der Waals surface area contributed by atoms with Crippen LogP contribution in [0.25, 0.3) is 0 Å². The molecule has 0 heterocycles. The lowest BCUT2D eigenvalue weighted by Gasteiger charge is -2.34. The molecule has 0 aromatic rings. The normalized spacial score (nSPS) is 19.9. The number of carboxylic acids is 1. The summed E-state index contributed by atoms with van der Waals surface area (Å²) in [4.78, 5) is 22.0. The van der Waals surface area contributed by atoms with Crippen LogP contribution in [0.5, 0.6) is 0 Å². The zero-order chi connectivity index (χ0) is 13.6. The summed E-state index contributed by atoms with van der Waals surface area (Å²) in [5, 5.41) is 8.49. The molecule has 0 aromatic heterocycles. The molecule has 0 spiro atoms. The van der Waals surface area contributed by atoms with Crippen molar-refractivity contribution in [2.75, 3.05) is 0 Å². The Bertz CT molecular complexity index is 327. The van der Waals surface area contributed by atoms with Gasteiger partial charge in [-0.2, -0.15) is 0 Å². The second-order valence-corrected chi connectivity index (χ2v) is 5.05. The predicted octanol–water partition coefficient (Wildman–Crippen LogP) is 2.92. The Balaban J connectivity index is 2.68. The number of aliphatic carboxylic acids is 1. The van der Waals surface area contributed by atoms with Crippen LogP contribution in [0.2, 0.25) is 0 Å². The second kappa shape index (κ2) is 6.57. The Morgan fingerprint density at radius 2 is 1.94 bits per heavy atom. The van der Waals surface area contributed by atoms with Gasteiger partial charge < -0.3 is 9.84 Å². The third-order valence-electron chi connectivity index (χ3n) is 3.74. The molecule has 0 saturated heterocycles. The van der Waals surface area contributed by atoms with Crippen LogP contribution in [0.4, 0.5) is 0 Å². The van der Waals surface area contributed by atoms with Gasteiger partial charge in [0.1, 0.15) is 5.60 Å². The number of esters is 1. The Morgan fingerprint density at radius 1 is 1.33 bits per heavy atom. The highest BCUT2D eigenvalue weighted by molar-refractivity contribution is 5.90. The van der Waals surface area contributed by atoms with Crippen molar-refractivity contribution < 1.29 is 19.4 Å². The first-order valence-corrected chi connectivity index (χ1v) is 6.64. The fourth-order valence-corrected chi connectivity index (χ4v) is 2.74. The van der Waals surface area contributed by atoms with Crippen LogP contribution in [-0.4, -0.2) is 22.6 Å². The Hall–Kier alpha value is -1.32. The van der Waals surface area contributed by atoms with E-state index in [4.69, 9.17) is 9.84 Å². The second-order valence-electron chi connectivity index (χ2n) is 5.05. The largest absolute Gasteiger partial charge is 0.478 e. The van der Waals surface area contributed by atoms with Crippen LogP contribution in [-0.2, 0) is 14.3 Å². The molecule has 1 unspecified atom stereocenters. The van der Waals surface area contributed by atoms with Crippen LogP contribution in [0.1, 0.15) is 52.4 Å². The van der Waals surface area contributed by atoms with E-state index in [2.05, 4.69) is 13.8 Å². The van der Waals surface area contributed by atoms with Gasteiger partial charge in [0.05, 0.1) is 0 Å². The number of hydrogen-bond acceptors (Lipinski definition) is 3. The first kappa shape index (κ1) is 14.7. The molecule has 1 aliphatic rings. The first-order valence-electron chi connectivity index (χ1n) is 6.64. The van der Waals surface area contributed by atoms with Gasteiger partial charge in [0.15, 0.2) is 0 Å². The average molecular weight is 254 g/mol. The maximum absolute atomic E-state index is 11.6. The number of carbonyl (C=O) groups is 2. The Labute approximate surface area is 108 Å². The molecule has 4 heteroatoms. The summed E-state index contributed by atoms with van der Waals surface area (Å²) < 4.78 is 5.57. The minimum atomic E-state index is -1.13. The minimum absolute atomic E-state index is 0.326. The summed E-state index contributed by atoms with van der Waals surface area (Å²) >= 11 is 0. The SMILES string of the molecule is CCCC(C)C1(OC(=O)/C=C/C(=O)O)CCCC1. The van der Waals surface area contributed by atoms with Crippen LogP contribution in [0.15, 0.2) is 12.2 Å². The highest BCUT2D eigenvalue weighted by Gasteiger charge is 2.41. The molecule has 102 valence electrons. The lowest BCUT2D eigenvalue weighted by Crippen LogP contribution is -2.38. The van der Waals surface area contributed by atoms with Gasteiger partial charge in [-0.15, -0.1) is 0 Å². The molecule has 1 N–H and O–H groups in total. The molecule has 0 radical (unpaired) electrons. The fraction of sp³-hybridized carbons (Fsp3) is 0.714. The molecule has 1 fully saturated rings. The summed E-state index contributed by atoms with van der Waals surface area (Å²) in [7, 11) is 0. The summed E-state index contributed by atoms with van der Waals surface area (Å²) in [5.41, 5.74) is -0.379. The lowest BCUT2D eigenvalue weighted by atomic mass is 9.84. The monoisotopic (exact) mass is 254 g/mol. The van der Waals surface area contributed by atoms with Gasteiger partial charge >= 0.3 is 11.9 Å². The van der Waals surface area contributed by atoms with Crippen LogP contribution >= 0.6 is 0 Å². The zero-order valence-electron chi connectivity index (χ0n) is 11.1. The van der Waals surface area contributed by atoms with Crippen molar-refractivity contribution in [2.24, 2.45) is 5.92 Å². The molecule has 0 bridgehead atoms. The highest BCUT2D eigenvalue weighted by Crippen LogP contribution is 2.41. The summed E-state index contributed by atoms with van der Waals surface area (Å²) in [5.74, 6) is -1.34. The summed E-state index contributed by atoms with van der Waals surface area (Å²) in [6.07, 6.45) is 7.84. The molecule has 0 aromatic carbocycles. The van der Waals surface area contributed by atoms with Crippen molar-refractivity contribution >= 4 is 11.9 Å². The molecule has 4 nitrogen and oxygen atoms in total. The van der Waals surface area contributed by atoms with Gasteiger partial charge in [-0.05, 0) is 38.0 Å². The maximum Gasteiger partial charge on any atom is 0.331 e. The molecule has 1 atom stereocenters. The van der Waals surface area contributed by atoms with E-state index in [0.717, 1.165) is 50.7 Å². The van der Waals surface area contributed by atoms with E-state index in [-0.39, 0.29) is 5.60 Å². The van der Waals surface area contributed by atoms with E-state index < -0.39 is 11.9 Å². The molecule has 0 amide bonds. The molecule has 1 aliphatic carbocycles. The van der Waals surface area contributed by atoms with E-state index in [1.807, 2.05) is 0 Å². The Kier molecular flexibility index (Phi) is 5.38. The summed E-state index contributed by atoms with van der Waals surface area (Å²) in [6.45, 7) is 4.23. The van der Waals surface area contributed by atoms with Crippen molar-refractivity contribution in [1.29, 1.82) is 0 Å². The van der Waals surface area contributed by atoms with Gasteiger partial charge in [0.2, 0.25) is 0 Å². The van der Waals surface area contributed by atoms with Crippen molar-refractivity contribution in [3.63, 3.8) is 0 Å². The number of hydrogen-bond donors (Lipinski definition) is 1. The first-order chi connectivity index (χ1) is 8.50. The number of rotatable bonds is 6. The molecule has 0 aliphatic heterocycles. The van der Waals surface area contributed by atoms with E-state index in [1.54, 1.807) is 0 Å². The van der Waals surface area contributed by atoms with Crippen molar-refractivity contribution in [1.82, 2.24) is 0 Å². The van der Waals surface area contributed by atoms with E-state index in [0.29, 0.717) is 5.92 Å². The number of carboxylic acid groups (broad SMARTS) is 1. The van der Waals surface area contributed by atoms with Crippen LogP contribution < -0.4 is 0 Å². The minimum Gasteiger partial charge on any atom is -0.478 e. The molecule has 18 heavy (non-hydrogen) atoms. The average Bonchev–Trinajstić information content (AvgIpc) is 2.76. The predicted molar refractivity (Wildman–Crippen MR) is 68.1 cm³/mol. The van der Waals surface area contributed by atoms with Gasteiger partial charge in [-0.1, -0.05) is 20.3 Å². The number of carbonyl (C=O) groups excluding carboxylic acids is 1. The summed E-state index contributed by atoms with van der Waals surface area (Å²) in [6, 6.07) is 0. The topological polar surface area (TPSA) is 63.6 Å². The fourth-order valence-electron chi connectivity index (χ4n) is 2.74. The molecule has 1 rings (SSSR count).